The van der Waals surface area contributed by atoms with E-state index in [-0.39, 0.29) is 12.1 Å². The van der Waals surface area contributed by atoms with E-state index in [1.807, 2.05) is 31.2 Å². The fourth-order valence-electron chi connectivity index (χ4n) is 1.90. The van der Waals surface area contributed by atoms with Crippen molar-refractivity contribution in [1.29, 1.82) is 0 Å². The molecule has 1 atom stereocenters. The van der Waals surface area contributed by atoms with Gasteiger partial charge in [-0.3, -0.25) is 0 Å². The number of nitrogens with one attached hydrogen (secondary N) is 1. The van der Waals surface area contributed by atoms with Crippen molar-refractivity contribution in [3.8, 4) is 5.75 Å². The Morgan fingerprint density at radius 1 is 1.44 bits per heavy atom. The summed E-state index contributed by atoms with van der Waals surface area (Å²) in [7, 11) is 1.61. The Balaban J connectivity index is 1.97. The van der Waals surface area contributed by atoms with E-state index in [0.717, 1.165) is 11.4 Å². The highest BCUT2D eigenvalue weighted by molar-refractivity contribution is 5.89. The molecule has 18 heavy (non-hydrogen) atoms. The molecule has 1 saturated heterocycles. The molecule has 0 spiro atoms. The van der Waals surface area contributed by atoms with Gasteiger partial charge in [-0.1, -0.05) is 0 Å². The van der Waals surface area contributed by atoms with Crippen molar-refractivity contribution in [1.82, 2.24) is 4.90 Å². The number of hydrogen-bond donors (Lipinski definition) is 1. The highest BCUT2D eigenvalue weighted by Crippen LogP contribution is 2.16. The minimum atomic E-state index is -0.0871. The average molecular weight is 250 g/mol. The van der Waals surface area contributed by atoms with Crippen molar-refractivity contribution < 1.29 is 14.3 Å². The van der Waals surface area contributed by atoms with E-state index in [9.17, 15) is 4.79 Å². The number of anilines is 1. The summed E-state index contributed by atoms with van der Waals surface area (Å²) in [6.07, 6.45) is 0. The normalized spacial score (nSPS) is 19.4. The second-order valence-corrected chi connectivity index (χ2v) is 4.28. The zero-order valence-electron chi connectivity index (χ0n) is 10.7. The molecular weight excluding hydrogens is 232 g/mol. The largest absolute Gasteiger partial charge is 0.497 e. The van der Waals surface area contributed by atoms with Crippen molar-refractivity contribution in [2.75, 3.05) is 32.2 Å². The van der Waals surface area contributed by atoms with Gasteiger partial charge in [-0.05, 0) is 31.2 Å². The molecule has 1 aromatic rings. The van der Waals surface area contributed by atoms with Gasteiger partial charge in [0.05, 0.1) is 26.4 Å². The molecule has 1 unspecified atom stereocenters. The van der Waals surface area contributed by atoms with Crippen LogP contribution in [0.5, 0.6) is 5.75 Å². The number of benzene rings is 1. The molecule has 0 radical (unpaired) electrons. The summed E-state index contributed by atoms with van der Waals surface area (Å²) >= 11 is 0. The Morgan fingerprint density at radius 3 is 2.78 bits per heavy atom. The Bertz CT molecular complexity index is 405. The van der Waals surface area contributed by atoms with Crippen LogP contribution >= 0.6 is 0 Å². The summed E-state index contributed by atoms with van der Waals surface area (Å²) < 4.78 is 10.4. The predicted octanol–water partition coefficient (Wildman–Crippen LogP) is 1.95. The van der Waals surface area contributed by atoms with Crippen molar-refractivity contribution in [2.24, 2.45) is 0 Å². The minimum Gasteiger partial charge on any atom is -0.497 e. The van der Waals surface area contributed by atoms with Crippen LogP contribution in [0, 0.1) is 0 Å². The summed E-state index contributed by atoms with van der Waals surface area (Å²) in [5.74, 6) is 0.771. The highest BCUT2D eigenvalue weighted by atomic mass is 16.5. The first kappa shape index (κ1) is 12.7. The number of rotatable bonds is 2. The molecule has 1 fully saturated rings. The molecule has 2 amide bonds. The van der Waals surface area contributed by atoms with Gasteiger partial charge in [0, 0.05) is 12.2 Å². The first-order chi connectivity index (χ1) is 8.70. The van der Waals surface area contributed by atoms with Gasteiger partial charge in [0.25, 0.3) is 0 Å². The number of hydrogen-bond acceptors (Lipinski definition) is 3. The zero-order chi connectivity index (χ0) is 13.0. The molecule has 0 aromatic heterocycles. The van der Waals surface area contributed by atoms with Crippen LogP contribution in [-0.2, 0) is 4.74 Å². The van der Waals surface area contributed by atoms with Crippen molar-refractivity contribution in [2.45, 2.75) is 13.0 Å². The van der Waals surface area contributed by atoms with Crippen LogP contribution in [0.1, 0.15) is 6.92 Å². The summed E-state index contributed by atoms with van der Waals surface area (Å²) in [5, 5.41) is 2.87. The SMILES string of the molecule is COc1ccc(NC(=O)N2CCOCC2C)cc1. The number of nitrogens with zero attached hydrogens (tertiary/aromatic N) is 1. The van der Waals surface area contributed by atoms with Crippen LogP contribution in [0.3, 0.4) is 0 Å². The third kappa shape index (κ3) is 2.92. The van der Waals surface area contributed by atoms with Gasteiger partial charge in [0.2, 0.25) is 0 Å². The van der Waals surface area contributed by atoms with E-state index >= 15 is 0 Å². The maximum Gasteiger partial charge on any atom is 0.322 e. The molecule has 0 aliphatic carbocycles. The topological polar surface area (TPSA) is 50.8 Å². The van der Waals surface area contributed by atoms with Gasteiger partial charge in [-0.15, -0.1) is 0 Å². The lowest BCUT2D eigenvalue weighted by Gasteiger charge is -2.33. The lowest BCUT2D eigenvalue weighted by molar-refractivity contribution is 0.0222. The minimum absolute atomic E-state index is 0.0871. The van der Waals surface area contributed by atoms with Crippen LogP contribution in [0.2, 0.25) is 0 Å². The maximum absolute atomic E-state index is 12.1. The molecule has 0 bridgehead atoms. The van der Waals surface area contributed by atoms with E-state index < -0.39 is 0 Å². The lowest BCUT2D eigenvalue weighted by Crippen LogP contribution is -2.48. The van der Waals surface area contributed by atoms with Crippen molar-refractivity contribution in [3.63, 3.8) is 0 Å². The van der Waals surface area contributed by atoms with Gasteiger partial charge in [0.1, 0.15) is 5.75 Å². The molecule has 2 rings (SSSR count). The van der Waals surface area contributed by atoms with Crippen LogP contribution in [0.15, 0.2) is 24.3 Å². The van der Waals surface area contributed by atoms with Crippen LogP contribution < -0.4 is 10.1 Å². The van der Waals surface area contributed by atoms with E-state index in [0.29, 0.717) is 19.8 Å². The van der Waals surface area contributed by atoms with Gasteiger partial charge in [0.15, 0.2) is 0 Å². The summed E-state index contributed by atoms with van der Waals surface area (Å²) in [6, 6.07) is 7.30. The molecule has 1 aliphatic heterocycles. The van der Waals surface area contributed by atoms with E-state index in [1.54, 1.807) is 12.0 Å². The molecule has 1 aliphatic rings. The van der Waals surface area contributed by atoms with Crippen LogP contribution in [-0.4, -0.2) is 43.8 Å². The monoisotopic (exact) mass is 250 g/mol. The Kier molecular flexibility index (Phi) is 4.04. The summed E-state index contributed by atoms with van der Waals surface area (Å²) in [4.78, 5) is 13.8. The standard InChI is InChI=1S/C13H18N2O3/c1-10-9-18-8-7-15(10)13(16)14-11-3-5-12(17-2)6-4-11/h3-6,10H,7-9H2,1-2H3,(H,14,16). The fraction of sp³-hybridized carbons (Fsp3) is 0.462. The molecule has 5 nitrogen and oxygen atoms in total. The molecule has 0 saturated carbocycles. The molecule has 1 N–H and O–H groups in total. The van der Waals surface area contributed by atoms with E-state index in [2.05, 4.69) is 5.32 Å². The number of carbonyl (C=O) groups is 1. The number of morpholine rings is 1. The predicted molar refractivity (Wildman–Crippen MR) is 69.0 cm³/mol. The fourth-order valence-corrected chi connectivity index (χ4v) is 1.90. The molecule has 1 aromatic carbocycles. The van der Waals surface area contributed by atoms with Crippen molar-refractivity contribution in [3.05, 3.63) is 24.3 Å². The second kappa shape index (κ2) is 5.73. The Morgan fingerprint density at radius 2 is 2.17 bits per heavy atom. The zero-order valence-corrected chi connectivity index (χ0v) is 10.7. The maximum atomic E-state index is 12.1. The summed E-state index contributed by atoms with van der Waals surface area (Å²) in [6.45, 7) is 3.80. The second-order valence-electron chi connectivity index (χ2n) is 4.28. The molecule has 98 valence electrons. The number of amides is 2. The third-order valence-corrected chi connectivity index (χ3v) is 2.97. The molecule has 5 heteroatoms. The Labute approximate surface area is 107 Å². The average Bonchev–Trinajstić information content (AvgIpc) is 2.40. The number of urea groups is 1. The van der Waals surface area contributed by atoms with E-state index in [4.69, 9.17) is 9.47 Å². The molecule has 1 heterocycles. The van der Waals surface area contributed by atoms with Gasteiger partial charge >= 0.3 is 6.03 Å². The highest BCUT2D eigenvalue weighted by Gasteiger charge is 2.23. The number of methoxy groups -OCH3 is 1. The summed E-state index contributed by atoms with van der Waals surface area (Å²) in [5.41, 5.74) is 0.763. The lowest BCUT2D eigenvalue weighted by atomic mass is 10.2. The van der Waals surface area contributed by atoms with Gasteiger partial charge in [-0.2, -0.15) is 0 Å². The van der Waals surface area contributed by atoms with Gasteiger partial charge in [-0.25, -0.2) is 4.79 Å². The van der Waals surface area contributed by atoms with Gasteiger partial charge < -0.3 is 19.7 Å². The third-order valence-electron chi connectivity index (χ3n) is 2.97. The number of ether oxygens (including phenoxy) is 2. The smallest absolute Gasteiger partial charge is 0.322 e. The molecular formula is C13H18N2O3. The number of carbonyl (C=O) groups excluding carboxylic acids is 1. The van der Waals surface area contributed by atoms with Crippen LogP contribution in [0.25, 0.3) is 0 Å². The quantitative estimate of drug-likeness (QED) is 0.872. The van der Waals surface area contributed by atoms with Crippen molar-refractivity contribution >= 4 is 11.7 Å². The first-order valence-electron chi connectivity index (χ1n) is 6.00. The van der Waals surface area contributed by atoms with Crippen LogP contribution in [0.4, 0.5) is 10.5 Å². The first-order valence-corrected chi connectivity index (χ1v) is 6.00. The van der Waals surface area contributed by atoms with E-state index in [1.165, 1.54) is 0 Å². The Hall–Kier alpha value is -1.75.